The van der Waals surface area contributed by atoms with E-state index in [-0.39, 0.29) is 0 Å². The van der Waals surface area contributed by atoms with Crippen LogP contribution in [0.25, 0.3) is 10.2 Å². The molecular formula is C10H7NS2. The summed E-state index contributed by atoms with van der Waals surface area (Å²) in [6, 6.07) is 8.05. The molecule has 0 saturated heterocycles. The van der Waals surface area contributed by atoms with Crippen LogP contribution in [0.3, 0.4) is 0 Å². The number of nitrogens with zero attached hydrogens (tertiary/aromatic N) is 1. The van der Waals surface area contributed by atoms with E-state index in [4.69, 9.17) is 0 Å². The van der Waals surface area contributed by atoms with Gasteiger partial charge in [-0.2, -0.15) is 12.6 Å². The van der Waals surface area contributed by atoms with Gasteiger partial charge in [-0.15, -0.1) is 11.3 Å². The number of thiazole rings is 1. The summed E-state index contributed by atoms with van der Waals surface area (Å²) in [6.45, 7) is 0. The van der Waals surface area contributed by atoms with Crippen molar-refractivity contribution in [2.24, 2.45) is 0 Å². The van der Waals surface area contributed by atoms with E-state index >= 15 is 0 Å². The molecule has 0 fully saturated rings. The van der Waals surface area contributed by atoms with Crippen molar-refractivity contribution in [2.75, 3.05) is 5.75 Å². The van der Waals surface area contributed by atoms with Crippen LogP contribution in [0.5, 0.6) is 0 Å². The lowest BCUT2D eigenvalue weighted by Gasteiger charge is -1.80. The fourth-order valence-electron chi connectivity index (χ4n) is 1.04. The zero-order chi connectivity index (χ0) is 9.10. The highest BCUT2D eigenvalue weighted by Crippen LogP contribution is 2.20. The van der Waals surface area contributed by atoms with Gasteiger partial charge in [-0.3, -0.25) is 0 Å². The summed E-state index contributed by atoms with van der Waals surface area (Å²) in [5.41, 5.74) is 1.02. The van der Waals surface area contributed by atoms with Gasteiger partial charge in [-0.05, 0) is 18.1 Å². The van der Waals surface area contributed by atoms with Gasteiger partial charge in [-0.1, -0.05) is 18.1 Å². The van der Waals surface area contributed by atoms with Crippen molar-refractivity contribution in [3.05, 3.63) is 29.3 Å². The maximum Gasteiger partial charge on any atom is 0.168 e. The minimum atomic E-state index is 0.579. The van der Waals surface area contributed by atoms with Crippen LogP contribution in [0.1, 0.15) is 5.01 Å². The van der Waals surface area contributed by atoms with Crippen LogP contribution in [0, 0.1) is 11.8 Å². The predicted octanol–water partition coefficient (Wildman–Crippen LogP) is 2.58. The zero-order valence-corrected chi connectivity index (χ0v) is 8.53. The second-order valence-corrected chi connectivity index (χ2v) is 3.79. The molecule has 0 aliphatic heterocycles. The Morgan fingerprint density at radius 2 is 2.23 bits per heavy atom. The summed E-state index contributed by atoms with van der Waals surface area (Å²) < 4.78 is 1.19. The lowest BCUT2D eigenvalue weighted by atomic mass is 10.3. The average molecular weight is 205 g/mol. The summed E-state index contributed by atoms with van der Waals surface area (Å²) in [7, 11) is 0. The fraction of sp³-hybridized carbons (Fsp3) is 0.100. The molecule has 2 aromatic rings. The van der Waals surface area contributed by atoms with Gasteiger partial charge in [-0.25, -0.2) is 4.98 Å². The molecule has 13 heavy (non-hydrogen) atoms. The first kappa shape index (κ1) is 8.61. The molecule has 0 spiro atoms. The van der Waals surface area contributed by atoms with Crippen LogP contribution in [0.2, 0.25) is 0 Å². The van der Waals surface area contributed by atoms with Gasteiger partial charge in [0, 0.05) is 0 Å². The first-order valence-electron chi connectivity index (χ1n) is 3.85. The third-order valence-electron chi connectivity index (χ3n) is 1.57. The van der Waals surface area contributed by atoms with Crippen molar-refractivity contribution in [1.82, 2.24) is 4.98 Å². The minimum absolute atomic E-state index is 0.579. The van der Waals surface area contributed by atoms with Gasteiger partial charge in [0.05, 0.1) is 16.0 Å². The molecule has 1 aromatic carbocycles. The molecular weight excluding hydrogens is 198 g/mol. The van der Waals surface area contributed by atoms with Crippen molar-refractivity contribution in [1.29, 1.82) is 0 Å². The molecule has 0 amide bonds. The Morgan fingerprint density at radius 1 is 1.38 bits per heavy atom. The second kappa shape index (κ2) is 3.82. The largest absolute Gasteiger partial charge is 0.228 e. The van der Waals surface area contributed by atoms with E-state index in [2.05, 4.69) is 35.5 Å². The van der Waals surface area contributed by atoms with Crippen LogP contribution in [0.4, 0.5) is 0 Å². The Morgan fingerprint density at radius 3 is 3.00 bits per heavy atom. The van der Waals surface area contributed by atoms with Crippen molar-refractivity contribution >= 4 is 34.2 Å². The Kier molecular flexibility index (Phi) is 2.53. The van der Waals surface area contributed by atoms with E-state index in [1.807, 2.05) is 18.2 Å². The van der Waals surface area contributed by atoms with Crippen molar-refractivity contribution < 1.29 is 0 Å². The van der Waals surface area contributed by atoms with Gasteiger partial charge in [0.15, 0.2) is 5.01 Å². The highest BCUT2D eigenvalue weighted by Gasteiger charge is 1.98. The summed E-state index contributed by atoms with van der Waals surface area (Å²) >= 11 is 5.64. The standard InChI is InChI=1S/C10H7NS2/c12-7-3-6-10-11-8-4-1-2-5-9(8)13-10/h1-2,4-5,12H,7H2. The number of hydrogen-bond donors (Lipinski definition) is 1. The zero-order valence-electron chi connectivity index (χ0n) is 6.82. The molecule has 0 bridgehead atoms. The molecule has 3 heteroatoms. The van der Waals surface area contributed by atoms with E-state index in [1.54, 1.807) is 11.3 Å². The normalized spacial score (nSPS) is 9.62. The number of thiol groups is 1. The second-order valence-electron chi connectivity index (χ2n) is 2.45. The molecule has 0 atom stereocenters. The fourth-order valence-corrected chi connectivity index (χ4v) is 1.96. The van der Waals surface area contributed by atoms with Gasteiger partial charge >= 0.3 is 0 Å². The first-order chi connectivity index (χ1) is 6.40. The van der Waals surface area contributed by atoms with Crippen LogP contribution in [-0.2, 0) is 0 Å². The van der Waals surface area contributed by atoms with Crippen molar-refractivity contribution in [3.63, 3.8) is 0 Å². The molecule has 0 saturated carbocycles. The van der Waals surface area contributed by atoms with Gasteiger partial charge in [0.2, 0.25) is 0 Å². The molecule has 64 valence electrons. The molecule has 1 nitrogen and oxygen atoms in total. The lowest BCUT2D eigenvalue weighted by Crippen LogP contribution is -1.70. The average Bonchev–Trinajstić information content (AvgIpc) is 2.57. The van der Waals surface area contributed by atoms with Crippen molar-refractivity contribution in [2.45, 2.75) is 0 Å². The quantitative estimate of drug-likeness (QED) is 0.515. The smallest absolute Gasteiger partial charge is 0.168 e. The van der Waals surface area contributed by atoms with E-state index in [0.29, 0.717) is 5.75 Å². The first-order valence-corrected chi connectivity index (χ1v) is 5.30. The summed E-state index contributed by atoms with van der Waals surface area (Å²) in [4.78, 5) is 4.36. The molecule has 1 heterocycles. The maximum atomic E-state index is 4.36. The van der Waals surface area contributed by atoms with Gasteiger partial charge in [0.1, 0.15) is 0 Å². The van der Waals surface area contributed by atoms with E-state index < -0.39 is 0 Å². The SMILES string of the molecule is SCC#Cc1nc2ccccc2s1. The number of rotatable bonds is 0. The predicted molar refractivity (Wildman–Crippen MR) is 60.4 cm³/mol. The third kappa shape index (κ3) is 1.85. The molecule has 0 aliphatic carbocycles. The molecule has 0 aliphatic rings. The van der Waals surface area contributed by atoms with Gasteiger partial charge in [0.25, 0.3) is 0 Å². The number of para-hydroxylation sites is 1. The molecule has 0 radical (unpaired) electrons. The van der Waals surface area contributed by atoms with Crippen LogP contribution >= 0.6 is 24.0 Å². The Bertz CT molecular complexity index is 443. The number of benzene rings is 1. The Hall–Kier alpha value is -0.980. The Balaban J connectivity index is 2.50. The molecule has 1 aromatic heterocycles. The van der Waals surface area contributed by atoms with Crippen LogP contribution in [0.15, 0.2) is 24.3 Å². The highest BCUT2D eigenvalue weighted by atomic mass is 32.1. The summed E-state index contributed by atoms with van der Waals surface area (Å²) in [5.74, 6) is 6.43. The van der Waals surface area contributed by atoms with E-state index in [0.717, 1.165) is 10.5 Å². The van der Waals surface area contributed by atoms with Gasteiger partial charge < -0.3 is 0 Å². The minimum Gasteiger partial charge on any atom is -0.228 e. The number of hydrogen-bond acceptors (Lipinski definition) is 3. The monoisotopic (exact) mass is 205 g/mol. The molecule has 0 unspecified atom stereocenters. The maximum absolute atomic E-state index is 4.36. The molecule has 0 N–H and O–H groups in total. The van der Waals surface area contributed by atoms with E-state index in [9.17, 15) is 0 Å². The summed E-state index contributed by atoms with van der Waals surface area (Å²) in [5, 5.41) is 0.871. The molecule has 2 rings (SSSR count). The van der Waals surface area contributed by atoms with Crippen LogP contribution in [-0.4, -0.2) is 10.7 Å². The third-order valence-corrected chi connectivity index (χ3v) is 2.68. The lowest BCUT2D eigenvalue weighted by molar-refractivity contribution is 1.45. The number of aromatic nitrogens is 1. The van der Waals surface area contributed by atoms with Crippen LogP contribution < -0.4 is 0 Å². The Labute approximate surface area is 86.2 Å². The topological polar surface area (TPSA) is 12.9 Å². The summed E-state index contributed by atoms with van der Waals surface area (Å²) in [6.07, 6.45) is 0. The highest BCUT2D eigenvalue weighted by molar-refractivity contribution is 7.80. The van der Waals surface area contributed by atoms with E-state index in [1.165, 1.54) is 4.70 Å². The number of fused-ring (bicyclic) bond motifs is 1. The van der Waals surface area contributed by atoms with Crippen molar-refractivity contribution in [3.8, 4) is 11.8 Å².